The summed E-state index contributed by atoms with van der Waals surface area (Å²) in [5, 5.41) is 9.00. The molecule has 2 atom stereocenters. The number of halogens is 2. The number of hydrogen-bond donors (Lipinski definition) is 1. The molecule has 1 amide bonds. The second-order valence-electron chi connectivity index (χ2n) is 5.87. The number of thiazole rings is 1. The summed E-state index contributed by atoms with van der Waals surface area (Å²) < 4.78 is 0. The van der Waals surface area contributed by atoms with Crippen LogP contribution in [0, 0.1) is 13.8 Å². The Morgan fingerprint density at radius 2 is 2.16 bits per heavy atom. The zero-order valence-corrected chi connectivity index (χ0v) is 16.3. The van der Waals surface area contributed by atoms with E-state index in [9.17, 15) is 4.79 Å². The van der Waals surface area contributed by atoms with Gasteiger partial charge in [0.05, 0.1) is 27.5 Å². The third kappa shape index (κ3) is 3.97. The molecule has 8 heteroatoms. The van der Waals surface area contributed by atoms with E-state index >= 15 is 0 Å². The summed E-state index contributed by atoms with van der Waals surface area (Å²) in [6.07, 6.45) is -0.306. The molecule has 1 aliphatic heterocycles. The maximum absolute atomic E-state index is 12.5. The maximum Gasteiger partial charge on any atom is 0.264 e. The van der Waals surface area contributed by atoms with Crippen molar-refractivity contribution in [3.63, 3.8) is 0 Å². The summed E-state index contributed by atoms with van der Waals surface area (Å²) in [7, 11) is 0. The zero-order chi connectivity index (χ0) is 18.1. The fourth-order valence-corrected chi connectivity index (χ4v) is 4.17. The number of hydrogen-bond acceptors (Lipinski definition) is 5. The minimum Gasteiger partial charge on any atom is -0.382 e. The van der Waals surface area contributed by atoms with Gasteiger partial charge >= 0.3 is 0 Å². The number of nitrogens with zero attached hydrogens (tertiary/aromatic N) is 2. The van der Waals surface area contributed by atoms with Gasteiger partial charge in [-0.05, 0) is 32.9 Å². The van der Waals surface area contributed by atoms with Crippen LogP contribution >= 0.6 is 34.5 Å². The van der Waals surface area contributed by atoms with Crippen LogP contribution in [0.15, 0.2) is 23.4 Å². The average Bonchev–Trinajstić information content (AvgIpc) is 3.14. The molecule has 0 unspecified atom stereocenters. The van der Waals surface area contributed by atoms with Crippen LogP contribution in [0.2, 0.25) is 10.0 Å². The van der Waals surface area contributed by atoms with Crippen molar-refractivity contribution < 1.29 is 9.63 Å². The van der Waals surface area contributed by atoms with Crippen LogP contribution in [-0.2, 0) is 9.63 Å². The number of amides is 1. The van der Waals surface area contributed by atoms with Crippen molar-refractivity contribution in [2.45, 2.75) is 39.3 Å². The Morgan fingerprint density at radius 3 is 2.80 bits per heavy atom. The molecule has 2 heterocycles. The van der Waals surface area contributed by atoms with Gasteiger partial charge < -0.3 is 10.2 Å². The van der Waals surface area contributed by atoms with E-state index in [0.717, 1.165) is 21.1 Å². The van der Waals surface area contributed by atoms with Crippen LogP contribution in [0.25, 0.3) is 0 Å². The molecular weight excluding hydrogens is 381 g/mol. The van der Waals surface area contributed by atoms with Crippen LogP contribution in [0.3, 0.4) is 0 Å². The van der Waals surface area contributed by atoms with Gasteiger partial charge in [0.2, 0.25) is 6.10 Å². The molecule has 5 nitrogen and oxygen atoms in total. The number of carbonyl (C=O) groups excluding carboxylic acids is 1. The van der Waals surface area contributed by atoms with Gasteiger partial charge in [0.25, 0.3) is 5.91 Å². The Kier molecular flexibility index (Phi) is 5.32. The average molecular weight is 398 g/mol. The Morgan fingerprint density at radius 1 is 1.40 bits per heavy atom. The van der Waals surface area contributed by atoms with E-state index < -0.39 is 6.10 Å². The van der Waals surface area contributed by atoms with Gasteiger partial charge in [0.1, 0.15) is 0 Å². The lowest BCUT2D eigenvalue weighted by molar-refractivity contribution is -0.131. The van der Waals surface area contributed by atoms with Crippen molar-refractivity contribution in [1.82, 2.24) is 10.3 Å². The smallest absolute Gasteiger partial charge is 0.264 e. The second kappa shape index (κ2) is 7.32. The largest absolute Gasteiger partial charge is 0.382 e. The number of aryl methyl sites for hydroxylation is 2. The van der Waals surface area contributed by atoms with E-state index in [4.69, 9.17) is 28.0 Å². The van der Waals surface area contributed by atoms with Crippen LogP contribution in [0.1, 0.15) is 40.5 Å². The molecule has 0 bridgehead atoms. The molecule has 1 aliphatic rings. The molecule has 0 aliphatic carbocycles. The third-order valence-corrected chi connectivity index (χ3v) is 5.70. The van der Waals surface area contributed by atoms with Crippen molar-refractivity contribution in [3.05, 3.63) is 49.4 Å². The minimum absolute atomic E-state index is 0.134. The summed E-state index contributed by atoms with van der Waals surface area (Å²) in [5.41, 5.74) is 2.30. The van der Waals surface area contributed by atoms with Gasteiger partial charge in [0.15, 0.2) is 0 Å². The van der Waals surface area contributed by atoms with E-state index in [0.29, 0.717) is 22.2 Å². The standard InChI is InChI=1S/C17H17Cl2N3O2S/c1-8-16(25-10(3)20-8)9(2)21-17(23)15-7-14(22-24-15)12-5-4-11(18)6-13(12)19/h4-6,9,15H,7H2,1-3H3,(H,21,23)/t9-,15+/m0/s1. The summed E-state index contributed by atoms with van der Waals surface area (Å²) in [6.45, 7) is 5.83. The Hall–Kier alpha value is -1.63. The van der Waals surface area contributed by atoms with Crippen LogP contribution in [0.4, 0.5) is 0 Å². The molecule has 1 aromatic carbocycles. The highest BCUT2D eigenvalue weighted by atomic mass is 35.5. The molecule has 25 heavy (non-hydrogen) atoms. The lowest BCUT2D eigenvalue weighted by atomic mass is 10.0. The molecule has 0 radical (unpaired) electrons. The molecular formula is C17H17Cl2N3O2S. The molecule has 0 saturated carbocycles. The number of benzene rings is 1. The van der Waals surface area contributed by atoms with Crippen molar-refractivity contribution >= 4 is 46.2 Å². The highest BCUT2D eigenvalue weighted by Crippen LogP contribution is 2.27. The molecule has 3 rings (SSSR count). The lowest BCUT2D eigenvalue weighted by Crippen LogP contribution is -2.36. The zero-order valence-electron chi connectivity index (χ0n) is 14.0. The molecule has 1 N–H and O–H groups in total. The monoisotopic (exact) mass is 397 g/mol. The number of nitrogens with one attached hydrogen (secondary N) is 1. The van der Waals surface area contributed by atoms with Gasteiger partial charge in [-0.3, -0.25) is 4.79 Å². The summed E-state index contributed by atoms with van der Waals surface area (Å²) in [5.74, 6) is -0.207. The molecule has 0 saturated heterocycles. The first-order valence-corrected chi connectivity index (χ1v) is 9.35. The number of aromatic nitrogens is 1. The second-order valence-corrected chi connectivity index (χ2v) is 7.95. The van der Waals surface area contributed by atoms with Gasteiger partial charge in [-0.2, -0.15) is 0 Å². The summed E-state index contributed by atoms with van der Waals surface area (Å²) in [6, 6.07) is 5.02. The fourth-order valence-electron chi connectivity index (χ4n) is 2.72. The van der Waals surface area contributed by atoms with Crippen molar-refractivity contribution in [1.29, 1.82) is 0 Å². The predicted molar refractivity (Wildman–Crippen MR) is 101 cm³/mol. The molecule has 0 spiro atoms. The summed E-state index contributed by atoms with van der Waals surface area (Å²) in [4.78, 5) is 23.2. The number of rotatable bonds is 4. The van der Waals surface area contributed by atoms with E-state index in [1.165, 1.54) is 0 Å². The number of carbonyl (C=O) groups is 1. The quantitative estimate of drug-likeness (QED) is 0.829. The molecule has 132 valence electrons. The molecule has 2 aromatic rings. The first kappa shape index (κ1) is 18.2. The van der Waals surface area contributed by atoms with Crippen LogP contribution in [0.5, 0.6) is 0 Å². The fraction of sp³-hybridized carbons (Fsp3) is 0.353. The first-order chi connectivity index (χ1) is 11.8. The topological polar surface area (TPSA) is 63.6 Å². The van der Waals surface area contributed by atoms with Crippen molar-refractivity contribution in [2.24, 2.45) is 5.16 Å². The predicted octanol–water partition coefficient (Wildman–Crippen LogP) is 4.44. The van der Waals surface area contributed by atoms with Gasteiger partial charge in [0, 0.05) is 21.9 Å². The van der Waals surface area contributed by atoms with Crippen LogP contribution < -0.4 is 5.32 Å². The van der Waals surface area contributed by atoms with E-state index in [1.807, 2.05) is 20.8 Å². The Bertz CT molecular complexity index is 850. The lowest BCUT2D eigenvalue weighted by Gasteiger charge is -2.15. The van der Waals surface area contributed by atoms with Gasteiger partial charge in [-0.25, -0.2) is 4.98 Å². The third-order valence-electron chi connectivity index (χ3n) is 3.89. The Balaban J connectivity index is 1.64. The van der Waals surface area contributed by atoms with Gasteiger partial charge in [-0.1, -0.05) is 34.4 Å². The normalized spacial score (nSPS) is 17.8. The highest BCUT2D eigenvalue weighted by molar-refractivity contribution is 7.11. The van der Waals surface area contributed by atoms with E-state index in [2.05, 4.69) is 15.5 Å². The van der Waals surface area contributed by atoms with Crippen molar-refractivity contribution in [3.8, 4) is 0 Å². The number of oxime groups is 1. The first-order valence-electron chi connectivity index (χ1n) is 7.77. The van der Waals surface area contributed by atoms with Crippen LogP contribution in [-0.4, -0.2) is 22.7 Å². The molecule has 0 fully saturated rings. The SMILES string of the molecule is Cc1nc(C)c([C@H](C)NC(=O)[C@H]2CC(c3ccc(Cl)cc3Cl)=NO2)s1. The Labute approximate surface area is 160 Å². The minimum atomic E-state index is -0.668. The molecule has 1 aromatic heterocycles. The highest BCUT2D eigenvalue weighted by Gasteiger charge is 2.31. The summed E-state index contributed by atoms with van der Waals surface area (Å²) >= 11 is 13.7. The van der Waals surface area contributed by atoms with E-state index in [1.54, 1.807) is 29.5 Å². The van der Waals surface area contributed by atoms with E-state index in [-0.39, 0.29) is 11.9 Å². The maximum atomic E-state index is 12.5. The van der Waals surface area contributed by atoms with Gasteiger partial charge in [-0.15, -0.1) is 11.3 Å². The van der Waals surface area contributed by atoms with Crippen molar-refractivity contribution in [2.75, 3.05) is 0 Å².